The standard InChI is InChI=1S/C27H51O7.8CH4.V/c1-15-27(12,25(8,9)31-14)26(10,11)34-21(29)19-32-18-16-17-20(28)33-24(6,7)22(2,3)23(4,5)30-13;;;;;;;;;/h2,15-19H2,1,3-14H3;8*1H4;/q-1;;;;;;;;;. The van der Waals surface area contributed by atoms with Crippen LogP contribution in [0, 0.1) is 17.8 Å². The van der Waals surface area contributed by atoms with Crippen molar-refractivity contribution in [3.8, 4) is 0 Å². The van der Waals surface area contributed by atoms with Crippen molar-refractivity contribution < 1.29 is 51.8 Å². The summed E-state index contributed by atoms with van der Waals surface area (Å²) in [5.74, 6) is -0.797. The van der Waals surface area contributed by atoms with E-state index < -0.39 is 39.2 Å². The molecule has 0 N–H and O–H groups in total. The Bertz CT molecular complexity index is 686. The van der Waals surface area contributed by atoms with Crippen molar-refractivity contribution in [3.05, 3.63) is 6.92 Å². The smallest absolute Gasteiger partial charge is 0.332 e. The number of hydrogen-bond acceptors (Lipinski definition) is 7. The van der Waals surface area contributed by atoms with Gasteiger partial charge in [0.15, 0.2) is 0 Å². The number of methoxy groups -OCH3 is 2. The summed E-state index contributed by atoms with van der Waals surface area (Å²) in [6.45, 7) is 25.6. The van der Waals surface area contributed by atoms with Crippen molar-refractivity contribution >= 4 is 11.9 Å². The molecule has 271 valence electrons. The molecular formula is C35H83O7V-. The van der Waals surface area contributed by atoms with Crippen LogP contribution in [-0.4, -0.2) is 61.8 Å². The van der Waals surface area contributed by atoms with Crippen LogP contribution in [0.4, 0.5) is 0 Å². The number of esters is 2. The summed E-state index contributed by atoms with van der Waals surface area (Å²) in [6.07, 6.45) is 1.36. The minimum absolute atomic E-state index is 0. The molecule has 0 aromatic carbocycles. The molecule has 0 aliphatic heterocycles. The third-order valence-corrected chi connectivity index (χ3v) is 8.67. The first-order valence-corrected chi connectivity index (χ1v) is 12.1. The van der Waals surface area contributed by atoms with Gasteiger partial charge in [0.25, 0.3) is 0 Å². The Balaban J connectivity index is -0.000000151. The maximum Gasteiger partial charge on any atom is 0.332 e. The summed E-state index contributed by atoms with van der Waals surface area (Å²) in [7, 11) is 3.28. The molecule has 0 bridgehead atoms. The van der Waals surface area contributed by atoms with Crippen LogP contribution in [0.3, 0.4) is 0 Å². The van der Waals surface area contributed by atoms with Crippen LogP contribution in [-0.2, 0) is 51.8 Å². The van der Waals surface area contributed by atoms with E-state index in [2.05, 4.69) is 20.8 Å². The molecule has 0 saturated heterocycles. The largest absolute Gasteiger partial charge is 0.462 e. The number of carbonyl (C=O) groups excluding carboxylic acids is 2. The van der Waals surface area contributed by atoms with E-state index >= 15 is 0 Å². The van der Waals surface area contributed by atoms with Crippen LogP contribution in [0.2, 0.25) is 0 Å². The molecule has 0 fully saturated rings. The van der Waals surface area contributed by atoms with Crippen molar-refractivity contribution in [2.24, 2.45) is 10.8 Å². The summed E-state index contributed by atoms with van der Waals surface area (Å²) in [5.41, 5.74) is -3.80. The van der Waals surface area contributed by atoms with Gasteiger partial charge in [-0.2, -0.15) is 0 Å². The Labute approximate surface area is 285 Å². The summed E-state index contributed by atoms with van der Waals surface area (Å²) in [6, 6.07) is 0. The Morgan fingerprint density at radius 2 is 0.977 bits per heavy atom. The molecule has 0 aromatic heterocycles. The molecule has 0 spiro atoms. The maximum absolute atomic E-state index is 12.5. The van der Waals surface area contributed by atoms with Crippen LogP contribution in [0.15, 0.2) is 0 Å². The molecule has 0 heterocycles. The first-order chi connectivity index (χ1) is 15.2. The predicted molar refractivity (Wildman–Crippen MR) is 188 cm³/mol. The number of rotatable bonds is 15. The van der Waals surface area contributed by atoms with Crippen molar-refractivity contribution in [3.63, 3.8) is 0 Å². The molecule has 8 heteroatoms. The number of hydrogen-bond donors (Lipinski definition) is 0. The number of ether oxygens (including phenoxy) is 5. The van der Waals surface area contributed by atoms with Gasteiger partial charge in [0.1, 0.15) is 12.2 Å². The summed E-state index contributed by atoms with van der Waals surface area (Å²) in [5, 5.41) is 0. The van der Waals surface area contributed by atoms with E-state index in [9.17, 15) is 9.59 Å². The van der Waals surface area contributed by atoms with E-state index in [-0.39, 0.29) is 104 Å². The molecule has 0 aliphatic carbocycles. The molecule has 2 atom stereocenters. The summed E-state index contributed by atoms with van der Waals surface area (Å²) in [4.78, 5) is 24.9. The quantitative estimate of drug-likeness (QED) is 0.0977. The Kier molecular flexibility index (Phi) is 41.2. The normalized spacial score (nSPS) is 13.4. The second-order valence-electron chi connectivity index (χ2n) is 11.6. The molecule has 0 aromatic rings. The zero-order valence-corrected chi connectivity index (χ0v) is 25.9. The van der Waals surface area contributed by atoms with Crippen LogP contribution in [0.1, 0.15) is 155 Å². The van der Waals surface area contributed by atoms with Gasteiger partial charge in [-0.05, 0) is 68.2 Å². The van der Waals surface area contributed by atoms with Crippen molar-refractivity contribution in [2.45, 2.75) is 177 Å². The van der Waals surface area contributed by atoms with Gasteiger partial charge in [0.2, 0.25) is 0 Å². The fourth-order valence-corrected chi connectivity index (χ4v) is 4.10. The van der Waals surface area contributed by atoms with Gasteiger partial charge in [-0.25, -0.2) is 4.79 Å². The van der Waals surface area contributed by atoms with Gasteiger partial charge >= 0.3 is 11.9 Å². The Morgan fingerprint density at radius 3 is 1.33 bits per heavy atom. The molecule has 0 aliphatic rings. The molecule has 0 saturated carbocycles. The molecule has 2 unspecified atom stereocenters. The molecule has 7 nitrogen and oxygen atoms in total. The third-order valence-electron chi connectivity index (χ3n) is 8.67. The second-order valence-corrected chi connectivity index (χ2v) is 11.6. The average molecular weight is 667 g/mol. The topological polar surface area (TPSA) is 80.3 Å². The van der Waals surface area contributed by atoms with Crippen LogP contribution < -0.4 is 0 Å². The van der Waals surface area contributed by atoms with E-state index in [0.29, 0.717) is 6.42 Å². The summed E-state index contributed by atoms with van der Waals surface area (Å²) < 4.78 is 28.3. The predicted octanol–water partition coefficient (Wildman–Crippen LogP) is 10.6. The molecule has 1 radical (unpaired) electrons. The van der Waals surface area contributed by atoms with Crippen molar-refractivity contribution in [1.82, 2.24) is 0 Å². The van der Waals surface area contributed by atoms with E-state index in [0.717, 1.165) is 6.42 Å². The van der Waals surface area contributed by atoms with Crippen molar-refractivity contribution in [2.75, 3.05) is 27.4 Å². The van der Waals surface area contributed by atoms with E-state index in [1.54, 1.807) is 14.2 Å². The fraction of sp³-hybridized carbons (Fsp3) is 0.914. The van der Waals surface area contributed by atoms with E-state index in [4.69, 9.17) is 23.7 Å². The van der Waals surface area contributed by atoms with Crippen LogP contribution >= 0.6 is 0 Å². The monoisotopic (exact) mass is 667 g/mol. The van der Waals surface area contributed by atoms with Gasteiger partial charge in [0.05, 0.1) is 11.2 Å². The maximum atomic E-state index is 12.5. The molecule has 0 amide bonds. The van der Waals surface area contributed by atoms with Gasteiger partial charge < -0.3 is 30.6 Å². The van der Waals surface area contributed by atoms with Crippen molar-refractivity contribution in [1.29, 1.82) is 0 Å². The first-order valence-electron chi connectivity index (χ1n) is 12.1. The number of carbonyl (C=O) groups is 2. The average Bonchev–Trinajstić information content (AvgIpc) is 2.71. The first kappa shape index (κ1) is 69.2. The minimum Gasteiger partial charge on any atom is -0.462 e. The molecular weight excluding hydrogens is 583 g/mol. The zero-order chi connectivity index (χ0) is 27.2. The van der Waals surface area contributed by atoms with Gasteiger partial charge in [0, 0.05) is 56.8 Å². The molecule has 0 rings (SSSR count). The van der Waals surface area contributed by atoms with Crippen LogP contribution in [0.25, 0.3) is 0 Å². The van der Waals surface area contributed by atoms with Gasteiger partial charge in [-0.1, -0.05) is 85.6 Å². The zero-order valence-electron chi connectivity index (χ0n) is 24.5. The van der Waals surface area contributed by atoms with E-state index in [1.165, 1.54) is 0 Å². The second kappa shape index (κ2) is 25.6. The SMILES string of the molecule is C.C.C.C.C.C.C.C.[CH2-]C(C)(C(C)(C)OC)C(C)(C)OC(=O)CCCOCC(=O)OC(C)(C)C(C)(CC)C(C)(C)OC.[V]. The molecule has 43 heavy (non-hydrogen) atoms. The summed E-state index contributed by atoms with van der Waals surface area (Å²) >= 11 is 0. The van der Waals surface area contributed by atoms with Gasteiger partial charge in [-0.3, -0.25) is 4.79 Å². The minimum atomic E-state index is -0.845. The fourth-order valence-electron chi connectivity index (χ4n) is 4.10. The Hall–Kier alpha value is -0.596. The van der Waals surface area contributed by atoms with Crippen LogP contribution in [0.5, 0.6) is 0 Å². The van der Waals surface area contributed by atoms with Gasteiger partial charge in [-0.15, -0.1) is 0 Å². The third kappa shape index (κ3) is 16.5. The van der Waals surface area contributed by atoms with E-state index in [1.807, 2.05) is 62.3 Å². The Morgan fingerprint density at radius 1 is 0.605 bits per heavy atom.